The van der Waals surface area contributed by atoms with Crippen LogP contribution in [0.3, 0.4) is 0 Å². The molecule has 3 aromatic rings. The van der Waals surface area contributed by atoms with Crippen LogP contribution in [0.5, 0.6) is 5.88 Å². The van der Waals surface area contributed by atoms with Crippen LogP contribution >= 0.6 is 0 Å². The molecule has 0 saturated carbocycles. The molecule has 0 aliphatic rings. The number of benzene rings is 1. The van der Waals surface area contributed by atoms with Crippen molar-refractivity contribution in [2.24, 2.45) is 0 Å². The number of imidazole rings is 1. The number of hydrogen-bond acceptors (Lipinski definition) is 4. The van der Waals surface area contributed by atoms with Crippen molar-refractivity contribution in [1.29, 1.82) is 0 Å². The summed E-state index contributed by atoms with van der Waals surface area (Å²) in [5, 5.41) is 2.83. The molecule has 0 atom stereocenters. The van der Waals surface area contributed by atoms with Crippen LogP contribution in [0, 0.1) is 13.8 Å². The van der Waals surface area contributed by atoms with Gasteiger partial charge >= 0.3 is 0 Å². The van der Waals surface area contributed by atoms with Crippen LogP contribution in [0.4, 0.5) is 5.69 Å². The smallest absolute Gasteiger partial charge is 0.274 e. The van der Waals surface area contributed by atoms with Gasteiger partial charge in [0.1, 0.15) is 5.69 Å². The summed E-state index contributed by atoms with van der Waals surface area (Å²) in [6.45, 7) is 3.99. The summed E-state index contributed by atoms with van der Waals surface area (Å²) in [4.78, 5) is 20.7. The summed E-state index contributed by atoms with van der Waals surface area (Å²) >= 11 is 0. The van der Waals surface area contributed by atoms with Gasteiger partial charge < -0.3 is 14.6 Å². The zero-order valence-corrected chi connectivity index (χ0v) is 13.8. The van der Waals surface area contributed by atoms with Gasteiger partial charge in [0.2, 0.25) is 5.88 Å². The molecule has 0 fully saturated rings. The third-order valence-corrected chi connectivity index (χ3v) is 3.82. The molecular formula is C18H18N4O2. The molecule has 0 unspecified atom stereocenters. The number of hydrogen-bond donors (Lipinski definition) is 1. The first-order chi connectivity index (χ1) is 11.6. The van der Waals surface area contributed by atoms with Crippen LogP contribution in [0.15, 0.2) is 48.8 Å². The molecule has 0 radical (unpaired) electrons. The number of nitrogens with zero attached hydrogens (tertiary/aromatic N) is 3. The Bertz CT molecular complexity index is 869. The minimum atomic E-state index is -0.281. The highest BCUT2D eigenvalue weighted by Gasteiger charge is 2.09. The number of pyridine rings is 1. The van der Waals surface area contributed by atoms with Gasteiger partial charge in [0.15, 0.2) is 0 Å². The molecule has 0 saturated heterocycles. The molecule has 2 heterocycles. The predicted octanol–water partition coefficient (Wildman–Crippen LogP) is 3.15. The molecule has 6 heteroatoms. The fourth-order valence-electron chi connectivity index (χ4n) is 2.31. The van der Waals surface area contributed by atoms with E-state index in [-0.39, 0.29) is 5.91 Å². The van der Waals surface area contributed by atoms with Crippen molar-refractivity contribution in [1.82, 2.24) is 14.5 Å². The number of aryl methyl sites for hydroxylation is 1. The lowest BCUT2D eigenvalue weighted by atomic mass is 10.2. The Morgan fingerprint density at radius 1 is 1.12 bits per heavy atom. The number of methoxy groups -OCH3 is 1. The second-order valence-electron chi connectivity index (χ2n) is 5.35. The fourth-order valence-corrected chi connectivity index (χ4v) is 2.31. The van der Waals surface area contributed by atoms with Crippen molar-refractivity contribution in [3.8, 4) is 11.6 Å². The van der Waals surface area contributed by atoms with Gasteiger partial charge in [-0.05, 0) is 44.2 Å². The fraction of sp³-hybridized carbons (Fsp3) is 0.167. The van der Waals surface area contributed by atoms with Gasteiger partial charge in [0, 0.05) is 23.1 Å². The Hall–Kier alpha value is -3.15. The second kappa shape index (κ2) is 6.54. The topological polar surface area (TPSA) is 69.0 Å². The van der Waals surface area contributed by atoms with Crippen molar-refractivity contribution in [2.75, 3.05) is 12.4 Å². The normalized spacial score (nSPS) is 10.5. The lowest BCUT2D eigenvalue weighted by Gasteiger charge is -2.09. The highest BCUT2D eigenvalue weighted by Crippen LogP contribution is 2.17. The summed E-state index contributed by atoms with van der Waals surface area (Å²) in [6.07, 6.45) is 1.79. The van der Waals surface area contributed by atoms with Crippen LogP contribution in [0.1, 0.15) is 21.9 Å². The third kappa shape index (κ3) is 3.12. The summed E-state index contributed by atoms with van der Waals surface area (Å²) in [7, 11) is 1.52. The average molecular weight is 322 g/mol. The number of nitrogens with one attached hydrogen (secondary N) is 1. The van der Waals surface area contributed by atoms with Crippen molar-refractivity contribution >= 4 is 11.6 Å². The highest BCUT2D eigenvalue weighted by atomic mass is 16.5. The molecule has 24 heavy (non-hydrogen) atoms. The summed E-state index contributed by atoms with van der Waals surface area (Å²) < 4.78 is 7.04. The summed E-state index contributed by atoms with van der Waals surface area (Å²) in [6, 6.07) is 12.6. The van der Waals surface area contributed by atoms with Gasteiger partial charge in [-0.3, -0.25) is 4.79 Å². The van der Waals surface area contributed by atoms with E-state index in [1.54, 1.807) is 24.5 Å². The predicted molar refractivity (Wildman–Crippen MR) is 91.8 cm³/mol. The number of ether oxygens (including phenoxy) is 1. The number of carbonyl (C=O) groups is 1. The van der Waals surface area contributed by atoms with Crippen molar-refractivity contribution in [2.45, 2.75) is 13.8 Å². The molecule has 2 aromatic heterocycles. The monoisotopic (exact) mass is 322 g/mol. The maximum Gasteiger partial charge on any atom is 0.274 e. The maximum atomic E-state index is 12.3. The second-order valence-corrected chi connectivity index (χ2v) is 5.35. The summed E-state index contributed by atoms with van der Waals surface area (Å²) in [5.41, 5.74) is 4.08. The zero-order chi connectivity index (χ0) is 17.1. The number of rotatable bonds is 4. The van der Waals surface area contributed by atoms with Crippen LogP contribution < -0.4 is 10.1 Å². The molecule has 122 valence electrons. The lowest BCUT2D eigenvalue weighted by molar-refractivity contribution is 0.102. The van der Waals surface area contributed by atoms with Gasteiger partial charge in [0.05, 0.1) is 19.1 Å². The zero-order valence-electron chi connectivity index (χ0n) is 13.8. The minimum Gasteiger partial charge on any atom is -0.481 e. The van der Waals surface area contributed by atoms with Crippen molar-refractivity contribution < 1.29 is 9.53 Å². The maximum absolute atomic E-state index is 12.3. The van der Waals surface area contributed by atoms with Crippen molar-refractivity contribution in [3.05, 3.63) is 65.9 Å². The number of amides is 1. The first kappa shape index (κ1) is 15.7. The molecule has 1 N–H and O–H groups in total. The van der Waals surface area contributed by atoms with Gasteiger partial charge in [-0.1, -0.05) is 6.07 Å². The van der Waals surface area contributed by atoms with E-state index < -0.39 is 0 Å². The number of anilines is 1. The van der Waals surface area contributed by atoms with Crippen LogP contribution in [-0.4, -0.2) is 27.6 Å². The van der Waals surface area contributed by atoms with Gasteiger partial charge in [-0.2, -0.15) is 0 Å². The average Bonchev–Trinajstić information content (AvgIpc) is 2.95. The molecule has 1 amide bonds. The molecule has 3 rings (SSSR count). The SMILES string of the molecule is COc1cccc(C(=O)Nc2ccc(-n3cnc(C)c3C)cc2)n1. The van der Waals surface area contributed by atoms with Gasteiger partial charge in [-0.25, -0.2) is 9.97 Å². The standard InChI is InChI=1S/C18H18N4O2/c1-12-13(2)22(11-19-12)15-9-7-14(8-10-15)20-18(23)16-5-4-6-17(21-16)24-3/h4-11H,1-3H3,(H,20,23). The first-order valence-corrected chi connectivity index (χ1v) is 7.52. The first-order valence-electron chi connectivity index (χ1n) is 7.52. The third-order valence-electron chi connectivity index (χ3n) is 3.82. The molecule has 0 aliphatic heterocycles. The lowest BCUT2D eigenvalue weighted by Crippen LogP contribution is -2.13. The molecule has 6 nitrogen and oxygen atoms in total. The Morgan fingerprint density at radius 2 is 1.88 bits per heavy atom. The Labute approximate surface area is 140 Å². The summed E-state index contributed by atoms with van der Waals surface area (Å²) in [5.74, 6) is 0.125. The van der Waals surface area contributed by atoms with E-state index >= 15 is 0 Å². The van der Waals surface area contributed by atoms with E-state index in [1.165, 1.54) is 7.11 Å². The molecule has 1 aromatic carbocycles. The Kier molecular flexibility index (Phi) is 4.29. The number of aromatic nitrogens is 3. The minimum absolute atomic E-state index is 0.281. The quantitative estimate of drug-likeness (QED) is 0.801. The van der Waals surface area contributed by atoms with Gasteiger partial charge in [-0.15, -0.1) is 0 Å². The Morgan fingerprint density at radius 3 is 2.50 bits per heavy atom. The molecular weight excluding hydrogens is 304 g/mol. The van der Waals surface area contributed by atoms with E-state index in [1.807, 2.05) is 42.7 Å². The van der Waals surface area contributed by atoms with Crippen LogP contribution in [-0.2, 0) is 0 Å². The molecule has 0 spiro atoms. The van der Waals surface area contributed by atoms with E-state index in [0.717, 1.165) is 17.1 Å². The number of carbonyl (C=O) groups excluding carboxylic acids is 1. The van der Waals surface area contributed by atoms with E-state index in [4.69, 9.17) is 4.74 Å². The Balaban J connectivity index is 1.76. The van der Waals surface area contributed by atoms with E-state index in [0.29, 0.717) is 17.3 Å². The van der Waals surface area contributed by atoms with Crippen LogP contribution in [0.2, 0.25) is 0 Å². The van der Waals surface area contributed by atoms with Crippen LogP contribution in [0.25, 0.3) is 5.69 Å². The molecule has 0 aliphatic carbocycles. The van der Waals surface area contributed by atoms with E-state index in [9.17, 15) is 4.79 Å². The van der Waals surface area contributed by atoms with Crippen molar-refractivity contribution in [3.63, 3.8) is 0 Å². The van der Waals surface area contributed by atoms with Gasteiger partial charge in [0.25, 0.3) is 5.91 Å². The highest BCUT2D eigenvalue weighted by molar-refractivity contribution is 6.02. The largest absolute Gasteiger partial charge is 0.481 e. The van der Waals surface area contributed by atoms with E-state index in [2.05, 4.69) is 15.3 Å². The molecule has 0 bridgehead atoms.